The van der Waals surface area contributed by atoms with Crippen LogP contribution in [-0.4, -0.2) is 34.1 Å². The van der Waals surface area contributed by atoms with E-state index in [9.17, 15) is 9.90 Å². The van der Waals surface area contributed by atoms with Gasteiger partial charge in [-0.3, -0.25) is 9.69 Å². The Kier molecular flexibility index (Phi) is 2.48. The van der Waals surface area contributed by atoms with Gasteiger partial charge in [0.2, 0.25) is 0 Å². The van der Waals surface area contributed by atoms with E-state index in [2.05, 4.69) is 4.90 Å². The van der Waals surface area contributed by atoms with E-state index < -0.39 is 5.97 Å². The van der Waals surface area contributed by atoms with Crippen molar-refractivity contribution < 1.29 is 9.90 Å². The minimum Gasteiger partial charge on any atom is -0.480 e. The third-order valence-corrected chi connectivity index (χ3v) is 6.11. The number of nitrogens with zero attached hydrogens (tertiary/aromatic N) is 1. The fourth-order valence-electron chi connectivity index (χ4n) is 5.24. The van der Waals surface area contributed by atoms with Gasteiger partial charge >= 0.3 is 5.97 Å². The maximum atomic E-state index is 11.6. The molecule has 3 aliphatic carbocycles. The highest BCUT2D eigenvalue weighted by molar-refractivity contribution is 5.74. The van der Waals surface area contributed by atoms with Gasteiger partial charge in [-0.15, -0.1) is 0 Å². The lowest BCUT2D eigenvalue weighted by Gasteiger charge is -2.38. The van der Waals surface area contributed by atoms with Crippen molar-refractivity contribution in [2.75, 3.05) is 0 Å². The van der Waals surface area contributed by atoms with Crippen LogP contribution in [0.25, 0.3) is 0 Å². The van der Waals surface area contributed by atoms with Crippen LogP contribution in [0.1, 0.15) is 51.4 Å². The van der Waals surface area contributed by atoms with Crippen molar-refractivity contribution in [3.05, 3.63) is 0 Å². The molecule has 1 N–H and O–H groups in total. The smallest absolute Gasteiger partial charge is 0.320 e. The molecule has 0 aromatic rings. The summed E-state index contributed by atoms with van der Waals surface area (Å²) in [6.07, 6.45) is 10.1. The largest absolute Gasteiger partial charge is 0.480 e. The second kappa shape index (κ2) is 3.96. The highest BCUT2D eigenvalue weighted by Crippen LogP contribution is 2.56. The van der Waals surface area contributed by atoms with Crippen LogP contribution < -0.4 is 0 Å². The maximum Gasteiger partial charge on any atom is 0.320 e. The molecule has 1 saturated heterocycles. The molecule has 3 saturated carbocycles. The molecule has 4 rings (SSSR count). The molecule has 6 unspecified atom stereocenters. The molecule has 0 bridgehead atoms. The number of rotatable bonds is 2. The fourth-order valence-corrected chi connectivity index (χ4v) is 5.24. The summed E-state index contributed by atoms with van der Waals surface area (Å²) in [6.45, 7) is 0. The number of aliphatic carboxylic acids is 1. The van der Waals surface area contributed by atoms with Gasteiger partial charge in [0.1, 0.15) is 6.04 Å². The molecule has 1 heterocycles. The van der Waals surface area contributed by atoms with Crippen LogP contribution >= 0.6 is 0 Å². The van der Waals surface area contributed by atoms with Crippen molar-refractivity contribution in [2.45, 2.75) is 69.5 Å². The zero-order valence-electron chi connectivity index (χ0n) is 10.9. The minimum atomic E-state index is -0.562. The SMILES string of the molecule is O=C(O)C1CC2CCCCC2N1C1CCC2CC21. The molecule has 3 heteroatoms. The summed E-state index contributed by atoms with van der Waals surface area (Å²) < 4.78 is 0. The zero-order chi connectivity index (χ0) is 12.3. The molecule has 0 aromatic heterocycles. The minimum absolute atomic E-state index is 0.164. The number of carboxylic acids is 1. The number of hydrogen-bond donors (Lipinski definition) is 1. The summed E-state index contributed by atoms with van der Waals surface area (Å²) in [7, 11) is 0. The molecule has 18 heavy (non-hydrogen) atoms. The monoisotopic (exact) mass is 249 g/mol. The van der Waals surface area contributed by atoms with Crippen LogP contribution in [-0.2, 0) is 4.79 Å². The molecule has 3 nitrogen and oxygen atoms in total. The molecular weight excluding hydrogens is 226 g/mol. The number of likely N-dealkylation sites (tertiary alicyclic amines) is 1. The molecular formula is C15H23NO2. The summed E-state index contributed by atoms with van der Waals surface area (Å²) in [4.78, 5) is 14.1. The summed E-state index contributed by atoms with van der Waals surface area (Å²) in [5, 5.41) is 9.55. The van der Waals surface area contributed by atoms with Gasteiger partial charge < -0.3 is 5.11 Å². The first-order valence-electron chi connectivity index (χ1n) is 7.76. The van der Waals surface area contributed by atoms with Gasteiger partial charge in [-0.25, -0.2) is 0 Å². The maximum absolute atomic E-state index is 11.6. The van der Waals surface area contributed by atoms with Crippen LogP contribution in [0.4, 0.5) is 0 Å². The lowest BCUT2D eigenvalue weighted by atomic mass is 9.84. The van der Waals surface area contributed by atoms with E-state index in [1.165, 1.54) is 44.9 Å². The number of carbonyl (C=O) groups is 1. The topological polar surface area (TPSA) is 40.5 Å². The summed E-state index contributed by atoms with van der Waals surface area (Å²) >= 11 is 0. The van der Waals surface area contributed by atoms with Gasteiger partial charge in [-0.1, -0.05) is 12.8 Å². The second-order valence-electron chi connectivity index (χ2n) is 6.95. The first-order valence-corrected chi connectivity index (χ1v) is 7.76. The van der Waals surface area contributed by atoms with Gasteiger partial charge in [0, 0.05) is 12.1 Å². The normalized spacial score (nSPS) is 50.9. The number of fused-ring (bicyclic) bond motifs is 2. The van der Waals surface area contributed by atoms with E-state index in [0.29, 0.717) is 18.0 Å². The van der Waals surface area contributed by atoms with Crippen molar-refractivity contribution in [2.24, 2.45) is 17.8 Å². The van der Waals surface area contributed by atoms with Crippen LogP contribution in [0.5, 0.6) is 0 Å². The Morgan fingerprint density at radius 2 is 1.78 bits per heavy atom. The third-order valence-electron chi connectivity index (χ3n) is 6.11. The highest BCUT2D eigenvalue weighted by Gasteiger charge is 2.56. The number of hydrogen-bond acceptors (Lipinski definition) is 2. The Balaban J connectivity index is 1.61. The van der Waals surface area contributed by atoms with Crippen molar-refractivity contribution in [1.29, 1.82) is 0 Å². The Morgan fingerprint density at radius 3 is 2.44 bits per heavy atom. The molecule has 1 aliphatic heterocycles. The predicted molar refractivity (Wildman–Crippen MR) is 68.2 cm³/mol. The lowest BCUT2D eigenvalue weighted by Crippen LogP contribution is -2.48. The van der Waals surface area contributed by atoms with Gasteiger partial charge in [-0.2, -0.15) is 0 Å². The van der Waals surface area contributed by atoms with Crippen LogP contribution in [0.15, 0.2) is 0 Å². The average Bonchev–Trinajstić information content (AvgIpc) is 2.86. The van der Waals surface area contributed by atoms with Crippen LogP contribution in [0, 0.1) is 17.8 Å². The van der Waals surface area contributed by atoms with E-state index in [0.717, 1.165) is 18.3 Å². The van der Waals surface area contributed by atoms with Crippen LogP contribution in [0.3, 0.4) is 0 Å². The molecule has 100 valence electrons. The summed E-state index contributed by atoms with van der Waals surface area (Å²) in [5.74, 6) is 1.92. The van der Waals surface area contributed by atoms with Gasteiger partial charge in [0.15, 0.2) is 0 Å². The van der Waals surface area contributed by atoms with Crippen molar-refractivity contribution in [3.8, 4) is 0 Å². The lowest BCUT2D eigenvalue weighted by molar-refractivity contribution is -0.143. The standard InChI is InChI=1S/C15H23NO2/c17-15(18)14-8-10-3-1-2-4-12(10)16(14)13-6-5-9-7-11(9)13/h9-14H,1-8H2,(H,17,18). The van der Waals surface area contributed by atoms with Gasteiger partial charge in [0.05, 0.1) is 0 Å². The number of carboxylic acid groups (broad SMARTS) is 1. The van der Waals surface area contributed by atoms with E-state index in [1.807, 2.05) is 0 Å². The summed E-state index contributed by atoms with van der Waals surface area (Å²) in [5.41, 5.74) is 0. The Morgan fingerprint density at radius 1 is 0.944 bits per heavy atom. The Bertz CT molecular complexity index is 370. The van der Waals surface area contributed by atoms with E-state index >= 15 is 0 Å². The molecule has 4 fully saturated rings. The molecule has 0 spiro atoms. The molecule has 0 radical (unpaired) electrons. The predicted octanol–water partition coefficient (Wildman–Crippen LogP) is 2.50. The first-order chi connectivity index (χ1) is 8.75. The molecule has 4 aliphatic rings. The third kappa shape index (κ3) is 1.56. The fraction of sp³-hybridized carbons (Fsp3) is 0.933. The van der Waals surface area contributed by atoms with Crippen molar-refractivity contribution in [3.63, 3.8) is 0 Å². The Labute approximate surface area is 109 Å². The molecule has 0 amide bonds. The van der Waals surface area contributed by atoms with Crippen molar-refractivity contribution in [1.82, 2.24) is 4.90 Å². The Hall–Kier alpha value is -0.570. The van der Waals surface area contributed by atoms with Gasteiger partial charge in [0.25, 0.3) is 0 Å². The van der Waals surface area contributed by atoms with E-state index in [-0.39, 0.29) is 6.04 Å². The molecule has 6 atom stereocenters. The van der Waals surface area contributed by atoms with Crippen LogP contribution in [0.2, 0.25) is 0 Å². The summed E-state index contributed by atoms with van der Waals surface area (Å²) in [6, 6.07) is 1.05. The zero-order valence-corrected chi connectivity index (χ0v) is 10.9. The van der Waals surface area contributed by atoms with Crippen molar-refractivity contribution >= 4 is 5.97 Å². The van der Waals surface area contributed by atoms with Gasteiger partial charge in [-0.05, 0) is 56.3 Å². The van der Waals surface area contributed by atoms with E-state index in [1.54, 1.807) is 0 Å². The average molecular weight is 249 g/mol. The quantitative estimate of drug-likeness (QED) is 0.817. The molecule has 0 aromatic carbocycles. The second-order valence-corrected chi connectivity index (χ2v) is 6.95. The van der Waals surface area contributed by atoms with E-state index in [4.69, 9.17) is 0 Å². The highest BCUT2D eigenvalue weighted by atomic mass is 16.4. The first kappa shape index (κ1) is 11.3.